The van der Waals surface area contributed by atoms with Gasteiger partial charge in [0.25, 0.3) is 0 Å². The lowest BCUT2D eigenvalue weighted by molar-refractivity contribution is -0.140. The number of carbonyl (C=O) groups excluding carboxylic acids is 2. The number of hydrogen-bond donors (Lipinski definition) is 1. The van der Waals surface area contributed by atoms with E-state index >= 15 is 0 Å². The van der Waals surface area contributed by atoms with E-state index in [1.54, 1.807) is 23.1 Å². The third-order valence-electron chi connectivity index (χ3n) is 7.41. The first-order chi connectivity index (χ1) is 17.2. The van der Waals surface area contributed by atoms with Crippen molar-refractivity contribution < 1.29 is 22.8 Å². The van der Waals surface area contributed by atoms with Gasteiger partial charge in [0.15, 0.2) is 0 Å². The fourth-order valence-electron chi connectivity index (χ4n) is 5.47. The first-order valence-corrected chi connectivity index (χ1v) is 12.9. The van der Waals surface area contributed by atoms with Gasteiger partial charge in [-0.3, -0.25) is 14.6 Å². The molecule has 2 amide bonds. The molecule has 194 valence electrons. The molecule has 0 radical (unpaired) electrons. The molecule has 4 rings (SSSR count). The van der Waals surface area contributed by atoms with Crippen molar-refractivity contribution in [2.24, 2.45) is 11.8 Å². The lowest BCUT2D eigenvalue weighted by Gasteiger charge is -2.35. The summed E-state index contributed by atoms with van der Waals surface area (Å²) in [6.07, 6.45) is 3.50. The van der Waals surface area contributed by atoms with Crippen molar-refractivity contribution in [2.45, 2.75) is 77.1 Å². The number of hydrogen-bond acceptors (Lipinski definition) is 3. The summed E-state index contributed by atoms with van der Waals surface area (Å²) in [6, 6.07) is 7.82. The average Bonchev–Trinajstić information content (AvgIpc) is 3.37. The van der Waals surface area contributed by atoms with Crippen LogP contribution in [0.4, 0.5) is 13.2 Å². The molecule has 1 aromatic carbocycles. The molecule has 1 aromatic heterocycles. The molecule has 2 aromatic rings. The minimum atomic E-state index is -4.47. The van der Waals surface area contributed by atoms with E-state index in [0.717, 1.165) is 44.6 Å². The van der Waals surface area contributed by atoms with Crippen molar-refractivity contribution in [1.29, 1.82) is 0 Å². The minimum Gasteiger partial charge on any atom is -0.344 e. The quantitative estimate of drug-likeness (QED) is 0.516. The second kappa shape index (κ2) is 11.0. The highest BCUT2D eigenvalue weighted by molar-refractivity contribution is 5.89. The number of amides is 2. The molecule has 2 heterocycles. The van der Waals surface area contributed by atoms with Crippen LogP contribution < -0.4 is 5.32 Å². The van der Waals surface area contributed by atoms with Gasteiger partial charge in [0.05, 0.1) is 17.3 Å². The van der Waals surface area contributed by atoms with Gasteiger partial charge in [-0.1, -0.05) is 51.3 Å². The molecule has 1 saturated carbocycles. The van der Waals surface area contributed by atoms with Crippen LogP contribution in [0.25, 0.3) is 11.1 Å². The Labute approximate surface area is 210 Å². The minimum absolute atomic E-state index is 0.0909. The van der Waals surface area contributed by atoms with Crippen LogP contribution in [0.15, 0.2) is 42.6 Å². The average molecular weight is 502 g/mol. The fourth-order valence-corrected chi connectivity index (χ4v) is 5.47. The Hall–Kier alpha value is -2.90. The summed E-state index contributed by atoms with van der Waals surface area (Å²) >= 11 is 0. The third kappa shape index (κ3) is 5.73. The van der Waals surface area contributed by atoms with Gasteiger partial charge in [0.1, 0.15) is 6.04 Å². The summed E-state index contributed by atoms with van der Waals surface area (Å²) in [6.45, 7) is 4.16. The van der Waals surface area contributed by atoms with E-state index in [9.17, 15) is 22.8 Å². The lowest BCUT2D eigenvalue weighted by Crippen LogP contribution is -2.53. The fraction of sp³-hybridized carbons (Fsp3) is 0.536. The van der Waals surface area contributed by atoms with E-state index in [4.69, 9.17) is 0 Å². The van der Waals surface area contributed by atoms with Crippen molar-refractivity contribution >= 4 is 11.8 Å². The van der Waals surface area contributed by atoms with Crippen molar-refractivity contribution in [3.63, 3.8) is 0 Å². The predicted molar refractivity (Wildman–Crippen MR) is 132 cm³/mol. The van der Waals surface area contributed by atoms with Gasteiger partial charge in [-0.2, -0.15) is 13.2 Å². The van der Waals surface area contributed by atoms with Crippen LogP contribution in [0, 0.1) is 11.8 Å². The van der Waals surface area contributed by atoms with E-state index in [-0.39, 0.29) is 35.3 Å². The van der Waals surface area contributed by atoms with Crippen LogP contribution >= 0.6 is 0 Å². The zero-order chi connectivity index (χ0) is 25.9. The van der Waals surface area contributed by atoms with Gasteiger partial charge in [-0.25, -0.2) is 0 Å². The van der Waals surface area contributed by atoms with E-state index in [1.165, 1.54) is 18.3 Å². The van der Waals surface area contributed by atoms with Crippen LogP contribution in [-0.2, 0) is 15.8 Å². The first kappa shape index (κ1) is 26.2. The highest BCUT2D eigenvalue weighted by atomic mass is 19.4. The van der Waals surface area contributed by atoms with Gasteiger partial charge in [-0.15, -0.1) is 0 Å². The molecule has 1 saturated heterocycles. The van der Waals surface area contributed by atoms with E-state index in [2.05, 4.69) is 10.3 Å². The summed E-state index contributed by atoms with van der Waals surface area (Å²) < 4.78 is 40.9. The summed E-state index contributed by atoms with van der Waals surface area (Å²) in [5.41, 5.74) is 0.390. The standard InChI is InChI=1S/C28H34F3N3O2/c1-18(2)26(35)33-25(19-9-4-3-5-10-19)27(36)34-16-8-13-24(34)23-17-20(14-15-32-23)21-11-6-7-12-22(21)28(29,30)31/h6-7,11-12,14-15,17-19,24-25H,3-5,8-10,13,16H2,1-2H3,(H,33,35). The molecule has 36 heavy (non-hydrogen) atoms. The number of halogens is 3. The Morgan fingerprint density at radius 1 is 1.03 bits per heavy atom. The second-order valence-corrected chi connectivity index (χ2v) is 10.2. The van der Waals surface area contributed by atoms with Crippen LogP contribution in [0.5, 0.6) is 0 Å². The molecule has 2 aliphatic rings. The number of benzene rings is 1. The number of carbonyl (C=O) groups is 2. The summed E-state index contributed by atoms with van der Waals surface area (Å²) in [5, 5.41) is 3.02. The molecule has 0 spiro atoms. The molecular formula is C28H34F3N3O2. The van der Waals surface area contributed by atoms with E-state index in [0.29, 0.717) is 24.2 Å². The number of alkyl halides is 3. The first-order valence-electron chi connectivity index (χ1n) is 12.9. The maximum atomic E-state index is 13.9. The second-order valence-electron chi connectivity index (χ2n) is 10.2. The molecule has 2 unspecified atom stereocenters. The molecule has 1 aliphatic heterocycles. The lowest BCUT2D eigenvalue weighted by atomic mass is 9.83. The van der Waals surface area contributed by atoms with Crippen molar-refractivity contribution in [2.75, 3.05) is 6.54 Å². The Morgan fingerprint density at radius 2 is 1.75 bits per heavy atom. The molecule has 2 atom stereocenters. The van der Waals surface area contributed by atoms with Crippen molar-refractivity contribution in [1.82, 2.24) is 15.2 Å². The maximum absolute atomic E-state index is 13.9. The molecule has 1 N–H and O–H groups in total. The van der Waals surface area contributed by atoms with E-state index < -0.39 is 17.8 Å². The topological polar surface area (TPSA) is 62.3 Å². The Bertz CT molecular complexity index is 1080. The summed E-state index contributed by atoms with van der Waals surface area (Å²) in [7, 11) is 0. The highest BCUT2D eigenvalue weighted by Crippen LogP contribution is 2.39. The highest BCUT2D eigenvalue weighted by Gasteiger charge is 2.39. The molecule has 1 aliphatic carbocycles. The Kier molecular flexibility index (Phi) is 8.00. The van der Waals surface area contributed by atoms with Gasteiger partial charge >= 0.3 is 6.18 Å². The number of nitrogens with one attached hydrogen (secondary N) is 1. The Balaban J connectivity index is 1.63. The number of pyridine rings is 1. The SMILES string of the molecule is CC(C)C(=O)NC(C(=O)N1CCCC1c1cc(-c2ccccc2C(F)(F)F)ccn1)C1CCCCC1. The van der Waals surface area contributed by atoms with E-state index in [1.807, 2.05) is 13.8 Å². The number of aromatic nitrogens is 1. The molecular weight excluding hydrogens is 467 g/mol. The van der Waals surface area contributed by atoms with Crippen LogP contribution in [0.2, 0.25) is 0 Å². The zero-order valence-electron chi connectivity index (χ0n) is 20.9. The van der Waals surface area contributed by atoms with Gasteiger partial charge in [0, 0.05) is 18.7 Å². The third-order valence-corrected chi connectivity index (χ3v) is 7.41. The molecule has 5 nitrogen and oxygen atoms in total. The van der Waals surface area contributed by atoms with Gasteiger partial charge in [-0.05, 0) is 60.9 Å². The zero-order valence-corrected chi connectivity index (χ0v) is 20.9. The van der Waals surface area contributed by atoms with Gasteiger partial charge in [0.2, 0.25) is 11.8 Å². The molecule has 2 fully saturated rings. The normalized spacial score (nSPS) is 19.9. The van der Waals surface area contributed by atoms with Gasteiger partial charge < -0.3 is 10.2 Å². The maximum Gasteiger partial charge on any atom is 0.417 e. The Morgan fingerprint density at radius 3 is 2.44 bits per heavy atom. The smallest absolute Gasteiger partial charge is 0.344 e. The van der Waals surface area contributed by atoms with Crippen LogP contribution in [-0.4, -0.2) is 34.3 Å². The van der Waals surface area contributed by atoms with Crippen LogP contribution in [0.3, 0.4) is 0 Å². The molecule has 0 bridgehead atoms. The largest absolute Gasteiger partial charge is 0.417 e. The number of rotatable bonds is 6. The van der Waals surface area contributed by atoms with Crippen molar-refractivity contribution in [3.05, 3.63) is 53.9 Å². The summed E-state index contributed by atoms with van der Waals surface area (Å²) in [4.78, 5) is 32.7. The monoisotopic (exact) mass is 501 g/mol. The van der Waals surface area contributed by atoms with Crippen molar-refractivity contribution in [3.8, 4) is 11.1 Å². The predicted octanol–water partition coefficient (Wildman–Crippen LogP) is 6.15. The number of likely N-dealkylation sites (tertiary alicyclic amines) is 1. The number of nitrogens with zero attached hydrogens (tertiary/aromatic N) is 2. The van der Waals surface area contributed by atoms with Crippen LogP contribution in [0.1, 0.15) is 76.1 Å². The summed E-state index contributed by atoms with van der Waals surface area (Å²) in [5.74, 6) is -0.390. The molecule has 8 heteroatoms.